The largest absolute Gasteiger partial charge is 0.463 e. The van der Waals surface area contributed by atoms with Crippen LogP contribution < -0.4 is 0 Å². The molecule has 5 heteroatoms. The zero-order chi connectivity index (χ0) is 15.9. The molecular formula is C16H25NO4. The van der Waals surface area contributed by atoms with Gasteiger partial charge in [0.15, 0.2) is 0 Å². The van der Waals surface area contributed by atoms with E-state index in [4.69, 9.17) is 9.47 Å². The second-order valence-corrected chi connectivity index (χ2v) is 5.90. The van der Waals surface area contributed by atoms with Crippen LogP contribution in [0, 0.1) is 0 Å². The van der Waals surface area contributed by atoms with E-state index in [1.165, 1.54) is 11.6 Å². The first-order valence-corrected chi connectivity index (χ1v) is 7.32. The van der Waals surface area contributed by atoms with Crippen LogP contribution in [0.4, 0.5) is 4.79 Å². The average Bonchev–Trinajstić information content (AvgIpc) is 2.38. The number of amides is 1. The lowest BCUT2D eigenvalue weighted by molar-refractivity contribution is -0.137. The molecule has 1 rings (SSSR count). The molecule has 0 unspecified atom stereocenters. The summed E-state index contributed by atoms with van der Waals surface area (Å²) in [6.07, 6.45) is 6.37. The van der Waals surface area contributed by atoms with E-state index in [1.54, 1.807) is 17.9 Å². The average molecular weight is 295 g/mol. The molecule has 1 aliphatic rings. The standard InChI is InChI=1S/C16H25NO4/c1-5-20-14(18)8-6-7-13-9-11-17(12-10-13)15(19)21-16(2,3)4/h6-8H,5,9-12H2,1-4H3/b8-6+. The molecule has 0 aromatic rings. The monoisotopic (exact) mass is 295 g/mol. The third kappa shape index (κ3) is 6.97. The summed E-state index contributed by atoms with van der Waals surface area (Å²) in [4.78, 5) is 24.8. The van der Waals surface area contributed by atoms with Crippen molar-refractivity contribution in [3.05, 3.63) is 23.8 Å². The van der Waals surface area contributed by atoms with Crippen LogP contribution in [-0.4, -0.2) is 42.3 Å². The summed E-state index contributed by atoms with van der Waals surface area (Å²) >= 11 is 0. The quantitative estimate of drug-likeness (QED) is 0.593. The summed E-state index contributed by atoms with van der Waals surface area (Å²) in [6, 6.07) is 0. The molecular weight excluding hydrogens is 270 g/mol. The molecule has 0 aliphatic carbocycles. The number of esters is 1. The SMILES string of the molecule is CCOC(=O)/C=C/C=C1CCN(C(=O)OC(C)(C)C)CC1. The van der Waals surface area contributed by atoms with Crippen LogP contribution in [0.15, 0.2) is 23.8 Å². The number of allylic oxidation sites excluding steroid dienone is 2. The lowest BCUT2D eigenvalue weighted by Gasteiger charge is -2.30. The van der Waals surface area contributed by atoms with E-state index in [2.05, 4.69) is 0 Å². The molecule has 0 radical (unpaired) electrons. The van der Waals surface area contributed by atoms with E-state index >= 15 is 0 Å². The Morgan fingerprint density at radius 2 is 1.86 bits per heavy atom. The van der Waals surface area contributed by atoms with Crippen molar-refractivity contribution in [2.75, 3.05) is 19.7 Å². The predicted molar refractivity (Wildman–Crippen MR) is 80.9 cm³/mol. The van der Waals surface area contributed by atoms with Crippen LogP contribution in [0.3, 0.4) is 0 Å². The van der Waals surface area contributed by atoms with E-state index in [9.17, 15) is 9.59 Å². The second kappa shape index (κ2) is 7.86. The van der Waals surface area contributed by atoms with Crippen LogP contribution in [-0.2, 0) is 14.3 Å². The zero-order valence-electron chi connectivity index (χ0n) is 13.3. The van der Waals surface area contributed by atoms with E-state index in [0.717, 1.165) is 12.8 Å². The van der Waals surface area contributed by atoms with Gasteiger partial charge in [-0.1, -0.05) is 17.7 Å². The van der Waals surface area contributed by atoms with Gasteiger partial charge in [-0.15, -0.1) is 0 Å². The first-order valence-electron chi connectivity index (χ1n) is 7.32. The Bertz CT molecular complexity index is 422. The molecule has 0 aromatic carbocycles. The maximum absolute atomic E-state index is 11.9. The summed E-state index contributed by atoms with van der Waals surface area (Å²) < 4.78 is 10.1. The maximum atomic E-state index is 11.9. The van der Waals surface area contributed by atoms with Crippen molar-refractivity contribution in [2.24, 2.45) is 0 Å². The Morgan fingerprint density at radius 3 is 2.38 bits per heavy atom. The van der Waals surface area contributed by atoms with Gasteiger partial charge in [0.05, 0.1) is 6.61 Å². The highest BCUT2D eigenvalue weighted by Crippen LogP contribution is 2.18. The Morgan fingerprint density at radius 1 is 1.24 bits per heavy atom. The molecule has 1 saturated heterocycles. The van der Waals surface area contributed by atoms with Crippen molar-refractivity contribution < 1.29 is 19.1 Å². The lowest BCUT2D eigenvalue weighted by atomic mass is 10.0. The van der Waals surface area contributed by atoms with Crippen molar-refractivity contribution in [1.29, 1.82) is 0 Å². The minimum atomic E-state index is -0.463. The van der Waals surface area contributed by atoms with Crippen LogP contribution in [0.25, 0.3) is 0 Å². The normalized spacial score (nSPS) is 16.0. The van der Waals surface area contributed by atoms with Gasteiger partial charge >= 0.3 is 12.1 Å². The number of likely N-dealkylation sites (tertiary alicyclic amines) is 1. The van der Waals surface area contributed by atoms with Gasteiger partial charge in [-0.3, -0.25) is 0 Å². The van der Waals surface area contributed by atoms with Crippen LogP contribution in [0.5, 0.6) is 0 Å². The number of hydrogen-bond donors (Lipinski definition) is 0. The van der Waals surface area contributed by atoms with Crippen LogP contribution in [0.1, 0.15) is 40.5 Å². The molecule has 5 nitrogen and oxygen atoms in total. The number of piperidine rings is 1. The molecule has 0 bridgehead atoms. The third-order valence-electron chi connectivity index (χ3n) is 2.91. The van der Waals surface area contributed by atoms with Gasteiger partial charge in [0.25, 0.3) is 0 Å². The second-order valence-electron chi connectivity index (χ2n) is 5.90. The minimum Gasteiger partial charge on any atom is -0.463 e. The molecule has 0 saturated carbocycles. The first-order chi connectivity index (χ1) is 9.81. The van der Waals surface area contributed by atoms with Crippen molar-refractivity contribution >= 4 is 12.1 Å². The van der Waals surface area contributed by atoms with Gasteiger partial charge in [-0.2, -0.15) is 0 Å². The number of nitrogens with zero attached hydrogens (tertiary/aromatic N) is 1. The van der Waals surface area contributed by atoms with Crippen molar-refractivity contribution in [3.63, 3.8) is 0 Å². The minimum absolute atomic E-state index is 0.261. The summed E-state index contributed by atoms with van der Waals surface area (Å²) in [6.45, 7) is 9.03. The molecule has 0 aromatic heterocycles. The van der Waals surface area contributed by atoms with Gasteiger partial charge in [0.1, 0.15) is 5.60 Å². The van der Waals surface area contributed by atoms with Crippen molar-refractivity contribution in [1.82, 2.24) is 4.90 Å². The highest BCUT2D eigenvalue weighted by molar-refractivity contribution is 5.82. The summed E-state index contributed by atoms with van der Waals surface area (Å²) in [5.74, 6) is -0.333. The number of carbonyl (C=O) groups excluding carboxylic acids is 2. The fourth-order valence-electron chi connectivity index (χ4n) is 1.92. The number of rotatable bonds is 3. The molecule has 21 heavy (non-hydrogen) atoms. The van der Waals surface area contributed by atoms with E-state index in [0.29, 0.717) is 19.7 Å². The number of hydrogen-bond acceptors (Lipinski definition) is 4. The van der Waals surface area contributed by atoms with E-state index in [1.807, 2.05) is 26.8 Å². The molecule has 1 fully saturated rings. The summed E-state index contributed by atoms with van der Waals surface area (Å²) in [5, 5.41) is 0. The Hall–Kier alpha value is -1.78. The molecule has 1 aliphatic heterocycles. The Labute approximate surface area is 126 Å². The lowest BCUT2D eigenvalue weighted by Crippen LogP contribution is -2.40. The number of ether oxygens (including phenoxy) is 2. The van der Waals surface area contributed by atoms with Gasteiger partial charge in [0, 0.05) is 19.2 Å². The fraction of sp³-hybridized carbons (Fsp3) is 0.625. The summed E-state index contributed by atoms with van der Waals surface area (Å²) in [5.41, 5.74) is 0.755. The van der Waals surface area contributed by atoms with E-state index < -0.39 is 5.60 Å². The van der Waals surface area contributed by atoms with Gasteiger partial charge in [0.2, 0.25) is 0 Å². The van der Waals surface area contributed by atoms with Crippen molar-refractivity contribution in [3.8, 4) is 0 Å². The highest BCUT2D eigenvalue weighted by Gasteiger charge is 2.24. The van der Waals surface area contributed by atoms with E-state index in [-0.39, 0.29) is 12.1 Å². The topological polar surface area (TPSA) is 55.8 Å². The maximum Gasteiger partial charge on any atom is 0.410 e. The Kier molecular flexibility index (Phi) is 6.46. The molecule has 0 spiro atoms. The molecule has 1 amide bonds. The molecule has 0 N–H and O–H groups in total. The van der Waals surface area contributed by atoms with Gasteiger partial charge < -0.3 is 14.4 Å². The smallest absolute Gasteiger partial charge is 0.410 e. The van der Waals surface area contributed by atoms with Crippen LogP contribution in [0.2, 0.25) is 0 Å². The molecule has 0 atom stereocenters. The highest BCUT2D eigenvalue weighted by atomic mass is 16.6. The Balaban J connectivity index is 2.41. The number of carbonyl (C=O) groups is 2. The van der Waals surface area contributed by atoms with Gasteiger partial charge in [-0.05, 0) is 40.5 Å². The van der Waals surface area contributed by atoms with Gasteiger partial charge in [-0.25, -0.2) is 9.59 Å². The van der Waals surface area contributed by atoms with Crippen molar-refractivity contribution in [2.45, 2.75) is 46.1 Å². The molecule has 1 heterocycles. The predicted octanol–water partition coefficient (Wildman–Crippen LogP) is 3.06. The first kappa shape index (κ1) is 17.3. The molecule has 118 valence electrons. The van der Waals surface area contributed by atoms with Crippen LogP contribution >= 0.6 is 0 Å². The zero-order valence-corrected chi connectivity index (χ0v) is 13.3. The fourth-order valence-corrected chi connectivity index (χ4v) is 1.92. The summed E-state index contributed by atoms with van der Waals surface area (Å²) in [7, 11) is 0. The third-order valence-corrected chi connectivity index (χ3v) is 2.91.